The highest BCUT2D eigenvalue weighted by atomic mass is 32.1. The Morgan fingerprint density at radius 2 is 2.27 bits per heavy atom. The van der Waals surface area contributed by atoms with Gasteiger partial charge in [-0.25, -0.2) is 5.10 Å². The van der Waals surface area contributed by atoms with Crippen molar-refractivity contribution >= 4 is 11.3 Å². The van der Waals surface area contributed by atoms with Crippen LogP contribution in [0.4, 0.5) is 0 Å². The second-order valence-electron chi connectivity index (χ2n) is 3.96. The van der Waals surface area contributed by atoms with Crippen molar-refractivity contribution in [1.82, 2.24) is 15.5 Å². The van der Waals surface area contributed by atoms with Crippen LogP contribution in [0.5, 0.6) is 0 Å². The standard InChI is InChI=1S/C9H16N4OS/c10-7(6-1-3-11-4-2-6)5-8-12-13-9(14)15-8/h6-7,11H,1-5,10H2,(H,13,14). The van der Waals surface area contributed by atoms with E-state index in [9.17, 15) is 4.79 Å². The first-order chi connectivity index (χ1) is 7.25. The summed E-state index contributed by atoms with van der Waals surface area (Å²) in [4.78, 5) is 10.8. The van der Waals surface area contributed by atoms with Crippen molar-refractivity contribution in [2.24, 2.45) is 11.7 Å². The fourth-order valence-corrected chi connectivity index (χ4v) is 2.66. The average Bonchev–Trinajstić information content (AvgIpc) is 2.65. The molecule has 0 bridgehead atoms. The normalized spacial score (nSPS) is 20.3. The van der Waals surface area contributed by atoms with Crippen LogP contribution < -0.4 is 15.9 Å². The van der Waals surface area contributed by atoms with Crippen LogP contribution >= 0.6 is 11.3 Å². The molecule has 5 nitrogen and oxygen atoms in total. The Bertz CT molecular complexity index is 355. The van der Waals surface area contributed by atoms with E-state index in [0.717, 1.165) is 42.3 Å². The van der Waals surface area contributed by atoms with Gasteiger partial charge in [-0.15, -0.1) is 0 Å². The molecule has 0 amide bonds. The highest BCUT2D eigenvalue weighted by Gasteiger charge is 2.21. The number of nitrogens with two attached hydrogens (primary N) is 1. The maximum absolute atomic E-state index is 10.9. The van der Waals surface area contributed by atoms with Gasteiger partial charge >= 0.3 is 4.87 Å². The summed E-state index contributed by atoms with van der Waals surface area (Å²) in [7, 11) is 0. The summed E-state index contributed by atoms with van der Waals surface area (Å²) >= 11 is 1.16. The van der Waals surface area contributed by atoms with Gasteiger partial charge in [0, 0.05) is 12.5 Å². The van der Waals surface area contributed by atoms with E-state index >= 15 is 0 Å². The van der Waals surface area contributed by atoms with Gasteiger partial charge in [0.15, 0.2) is 0 Å². The molecule has 0 saturated carbocycles. The van der Waals surface area contributed by atoms with E-state index < -0.39 is 0 Å². The summed E-state index contributed by atoms with van der Waals surface area (Å²) in [5.74, 6) is 0.560. The number of H-pyrrole nitrogens is 1. The number of piperidine rings is 1. The van der Waals surface area contributed by atoms with Crippen LogP contribution in [-0.4, -0.2) is 29.3 Å². The Balaban J connectivity index is 1.90. The molecule has 0 radical (unpaired) electrons. The first-order valence-corrected chi connectivity index (χ1v) is 6.08. The van der Waals surface area contributed by atoms with Crippen LogP contribution in [0.3, 0.4) is 0 Å². The first kappa shape index (κ1) is 10.8. The molecule has 4 N–H and O–H groups in total. The Hall–Kier alpha value is -0.720. The maximum atomic E-state index is 10.9. The van der Waals surface area contributed by atoms with Gasteiger partial charge in [-0.3, -0.25) is 4.79 Å². The van der Waals surface area contributed by atoms with Crippen molar-refractivity contribution in [3.05, 3.63) is 14.7 Å². The number of hydrogen-bond donors (Lipinski definition) is 3. The SMILES string of the molecule is NC(Cc1n[nH]c(=O)s1)C1CCNCC1. The fraction of sp³-hybridized carbons (Fsp3) is 0.778. The molecular formula is C9H16N4OS. The third kappa shape index (κ3) is 2.87. The summed E-state index contributed by atoms with van der Waals surface area (Å²) in [6.45, 7) is 2.10. The van der Waals surface area contributed by atoms with Gasteiger partial charge in [-0.05, 0) is 31.8 Å². The Morgan fingerprint density at radius 3 is 2.87 bits per heavy atom. The predicted molar refractivity (Wildman–Crippen MR) is 60.0 cm³/mol. The second kappa shape index (κ2) is 4.87. The summed E-state index contributed by atoms with van der Waals surface area (Å²) < 4.78 is 0. The van der Waals surface area contributed by atoms with E-state index in [1.165, 1.54) is 0 Å². The summed E-state index contributed by atoms with van der Waals surface area (Å²) in [5, 5.41) is 10.5. The molecule has 1 aromatic rings. The van der Waals surface area contributed by atoms with Crippen molar-refractivity contribution in [3.8, 4) is 0 Å². The molecule has 15 heavy (non-hydrogen) atoms. The minimum Gasteiger partial charge on any atom is -0.327 e. The van der Waals surface area contributed by atoms with E-state index in [2.05, 4.69) is 15.5 Å². The summed E-state index contributed by atoms with van der Waals surface area (Å²) in [6, 6.07) is 0.131. The quantitative estimate of drug-likeness (QED) is 0.663. The lowest BCUT2D eigenvalue weighted by molar-refractivity contribution is 0.316. The number of hydrogen-bond acceptors (Lipinski definition) is 5. The maximum Gasteiger partial charge on any atom is 0.322 e. The third-order valence-electron chi connectivity index (χ3n) is 2.88. The predicted octanol–water partition coefficient (Wildman–Crippen LogP) is -0.299. The minimum absolute atomic E-state index is 0.0949. The van der Waals surface area contributed by atoms with E-state index in [4.69, 9.17) is 5.73 Å². The molecule has 0 spiro atoms. The zero-order valence-electron chi connectivity index (χ0n) is 8.53. The lowest BCUT2D eigenvalue weighted by Crippen LogP contribution is -2.39. The molecular weight excluding hydrogens is 212 g/mol. The van der Waals surface area contributed by atoms with E-state index in [1.807, 2.05) is 0 Å². The van der Waals surface area contributed by atoms with E-state index in [1.54, 1.807) is 0 Å². The van der Waals surface area contributed by atoms with Crippen molar-refractivity contribution < 1.29 is 0 Å². The van der Waals surface area contributed by atoms with Gasteiger partial charge in [-0.2, -0.15) is 5.10 Å². The molecule has 0 aliphatic carbocycles. The van der Waals surface area contributed by atoms with Crippen LogP contribution in [0.2, 0.25) is 0 Å². The third-order valence-corrected chi connectivity index (χ3v) is 3.65. The molecule has 1 aliphatic heterocycles. The van der Waals surface area contributed by atoms with Crippen LogP contribution in [0.15, 0.2) is 4.79 Å². The average molecular weight is 228 g/mol. The number of nitrogens with zero attached hydrogens (tertiary/aromatic N) is 1. The summed E-state index contributed by atoms with van der Waals surface area (Å²) in [6.07, 6.45) is 2.97. The lowest BCUT2D eigenvalue weighted by Gasteiger charge is -2.27. The highest BCUT2D eigenvalue weighted by molar-refractivity contribution is 7.08. The molecule has 0 aromatic carbocycles. The topological polar surface area (TPSA) is 83.8 Å². The molecule has 1 saturated heterocycles. The van der Waals surface area contributed by atoms with Crippen molar-refractivity contribution in [1.29, 1.82) is 0 Å². The molecule has 2 rings (SSSR count). The molecule has 1 aromatic heterocycles. The Kier molecular flexibility index (Phi) is 3.50. The van der Waals surface area contributed by atoms with Crippen LogP contribution in [-0.2, 0) is 6.42 Å². The van der Waals surface area contributed by atoms with E-state index in [0.29, 0.717) is 12.3 Å². The second-order valence-corrected chi connectivity index (χ2v) is 5.01. The molecule has 2 heterocycles. The minimum atomic E-state index is -0.0949. The smallest absolute Gasteiger partial charge is 0.322 e. The Morgan fingerprint density at radius 1 is 1.53 bits per heavy atom. The fourth-order valence-electron chi connectivity index (χ4n) is 1.99. The summed E-state index contributed by atoms with van der Waals surface area (Å²) in [5.41, 5.74) is 6.11. The van der Waals surface area contributed by atoms with Gasteiger partial charge in [0.05, 0.1) is 0 Å². The molecule has 1 fully saturated rings. The van der Waals surface area contributed by atoms with Crippen molar-refractivity contribution in [2.45, 2.75) is 25.3 Å². The number of rotatable bonds is 3. The largest absolute Gasteiger partial charge is 0.327 e. The van der Waals surface area contributed by atoms with Crippen LogP contribution in [0.1, 0.15) is 17.8 Å². The molecule has 84 valence electrons. The van der Waals surface area contributed by atoms with Gasteiger partial charge in [0.25, 0.3) is 0 Å². The van der Waals surface area contributed by atoms with Crippen molar-refractivity contribution in [2.75, 3.05) is 13.1 Å². The zero-order chi connectivity index (χ0) is 10.7. The first-order valence-electron chi connectivity index (χ1n) is 5.26. The van der Waals surface area contributed by atoms with Crippen LogP contribution in [0, 0.1) is 5.92 Å². The molecule has 1 unspecified atom stereocenters. The number of nitrogens with one attached hydrogen (secondary N) is 2. The van der Waals surface area contributed by atoms with Gasteiger partial charge in [-0.1, -0.05) is 11.3 Å². The number of aromatic nitrogens is 2. The highest BCUT2D eigenvalue weighted by Crippen LogP contribution is 2.17. The monoisotopic (exact) mass is 228 g/mol. The van der Waals surface area contributed by atoms with Gasteiger partial charge in [0.2, 0.25) is 0 Å². The molecule has 6 heteroatoms. The van der Waals surface area contributed by atoms with Crippen molar-refractivity contribution in [3.63, 3.8) is 0 Å². The van der Waals surface area contributed by atoms with E-state index in [-0.39, 0.29) is 10.9 Å². The van der Waals surface area contributed by atoms with Gasteiger partial charge in [0.1, 0.15) is 5.01 Å². The lowest BCUT2D eigenvalue weighted by atomic mass is 9.89. The zero-order valence-corrected chi connectivity index (χ0v) is 9.35. The molecule has 1 atom stereocenters. The Labute approximate surface area is 92.1 Å². The molecule has 1 aliphatic rings. The van der Waals surface area contributed by atoms with Gasteiger partial charge < -0.3 is 11.1 Å². The number of aromatic amines is 1. The van der Waals surface area contributed by atoms with Crippen LogP contribution in [0.25, 0.3) is 0 Å².